The molecule has 8 amide bonds. The van der Waals surface area contributed by atoms with E-state index in [9.17, 15) is 38.4 Å². The van der Waals surface area contributed by atoms with E-state index in [0.717, 1.165) is 12.2 Å². The second-order valence-corrected chi connectivity index (χ2v) is 16.5. The first-order valence-electron chi connectivity index (χ1n) is 21.8. The summed E-state index contributed by atoms with van der Waals surface area (Å²) >= 11 is 0. The van der Waals surface area contributed by atoms with Crippen molar-refractivity contribution in [2.45, 2.75) is 12.8 Å². The fourth-order valence-corrected chi connectivity index (χ4v) is 7.25. The Morgan fingerprint density at radius 3 is 0.819 bits per heavy atom. The number of hydrogen-bond acceptors (Lipinski definition) is 10. The number of hydrogen-bond donors (Lipinski definition) is 12. The standard InChI is InChI=1S/C46H54N18O8/c1-59-21-27(15-31(59)41(67)51-11-9-37(47)48)55-45(71)35-17-29(23-63(35)5)57-43(69)33-13-25(19-61(33)3)53-39(65)7-8-40(66)54-26-14-34(62(4)20-26)44(70)58-30-18-36(64(6)24-30)46(72)56-28-16-32(60(2)22-28)42(68)52-12-10-38(49)50/h7-8,13-24H,9-12H2,1-6H3,(H3,47,48)(H3,49,50)(H,51,67)(H,52,68)(H,53,65)(H,54,66)(H,55,71)(H,56,72)(H,57,69)(H,58,70)/b8-7+. The van der Waals surface area contributed by atoms with Gasteiger partial charge < -0.3 is 81.4 Å². The van der Waals surface area contributed by atoms with E-state index < -0.39 is 47.3 Å². The van der Waals surface area contributed by atoms with Crippen molar-refractivity contribution in [1.29, 1.82) is 10.8 Å². The Labute approximate surface area is 410 Å². The van der Waals surface area contributed by atoms with Crippen LogP contribution < -0.4 is 54.0 Å². The Morgan fingerprint density at radius 2 is 0.597 bits per heavy atom. The summed E-state index contributed by atoms with van der Waals surface area (Å²) in [6.07, 6.45) is 11.6. The summed E-state index contributed by atoms with van der Waals surface area (Å²) in [5.74, 6) is -4.38. The van der Waals surface area contributed by atoms with Crippen LogP contribution in [-0.2, 0) is 51.9 Å². The number of rotatable bonds is 20. The summed E-state index contributed by atoms with van der Waals surface area (Å²) in [7, 11) is 9.71. The number of carbonyl (C=O) groups excluding carboxylic acids is 8. The van der Waals surface area contributed by atoms with E-state index in [2.05, 4.69) is 42.5 Å². The quantitative estimate of drug-likeness (QED) is 0.0300. The van der Waals surface area contributed by atoms with Crippen molar-refractivity contribution in [1.82, 2.24) is 38.0 Å². The van der Waals surface area contributed by atoms with Gasteiger partial charge in [-0.15, -0.1) is 0 Å². The number of nitrogens with two attached hydrogens (primary N) is 2. The number of aryl methyl sites for hydroxylation is 6. The third-order valence-electron chi connectivity index (χ3n) is 10.7. The first kappa shape index (κ1) is 51.5. The van der Waals surface area contributed by atoms with Gasteiger partial charge in [0.1, 0.15) is 34.2 Å². The fourth-order valence-electron chi connectivity index (χ4n) is 7.25. The average molecular weight is 987 g/mol. The van der Waals surface area contributed by atoms with Crippen LogP contribution >= 0.6 is 0 Å². The molecule has 0 aliphatic rings. The molecule has 0 aliphatic carbocycles. The maximum atomic E-state index is 13.3. The van der Waals surface area contributed by atoms with E-state index in [4.69, 9.17) is 22.3 Å². The van der Waals surface area contributed by atoms with E-state index in [1.165, 1.54) is 67.1 Å². The summed E-state index contributed by atoms with van der Waals surface area (Å²) in [4.78, 5) is 104. The topological polar surface area (TPSA) is 362 Å². The van der Waals surface area contributed by atoms with Crippen molar-refractivity contribution in [2.75, 3.05) is 45.0 Å². The third-order valence-corrected chi connectivity index (χ3v) is 10.7. The van der Waals surface area contributed by atoms with Crippen molar-refractivity contribution in [3.63, 3.8) is 0 Å². The molecule has 6 heterocycles. The molecule has 0 bridgehead atoms. The zero-order chi connectivity index (χ0) is 52.6. The highest BCUT2D eigenvalue weighted by Gasteiger charge is 2.21. The molecule has 0 aromatic carbocycles. The highest BCUT2D eigenvalue weighted by atomic mass is 16.2. The molecule has 6 rings (SSSR count). The van der Waals surface area contributed by atoms with Crippen LogP contribution in [0.25, 0.3) is 0 Å². The average Bonchev–Trinajstić information content (AvgIpc) is 4.16. The summed E-state index contributed by atoms with van der Waals surface area (Å²) in [6.45, 7) is 0.369. The lowest BCUT2D eigenvalue weighted by molar-refractivity contribution is -0.114. The highest BCUT2D eigenvalue weighted by molar-refractivity contribution is 6.11. The van der Waals surface area contributed by atoms with Crippen LogP contribution in [0.2, 0.25) is 0 Å². The first-order chi connectivity index (χ1) is 34.0. The van der Waals surface area contributed by atoms with Gasteiger partial charge >= 0.3 is 0 Å². The highest BCUT2D eigenvalue weighted by Crippen LogP contribution is 2.22. The Hall–Kier alpha value is -9.88. The summed E-state index contributed by atoms with van der Waals surface area (Å²) < 4.78 is 9.06. The van der Waals surface area contributed by atoms with Crippen molar-refractivity contribution in [3.05, 3.63) is 120 Å². The number of nitrogens with one attached hydrogen (secondary N) is 10. The lowest BCUT2D eigenvalue weighted by Gasteiger charge is -2.04. The first-order valence-corrected chi connectivity index (χ1v) is 21.8. The molecule has 6 aromatic heterocycles. The number of anilines is 6. The summed E-state index contributed by atoms with van der Waals surface area (Å²) in [6, 6.07) is 8.79. The number of aromatic nitrogens is 6. The maximum Gasteiger partial charge on any atom is 0.272 e. The molecule has 0 atom stereocenters. The Bertz CT molecular complexity index is 2980. The molecule has 14 N–H and O–H groups in total. The molecule has 26 nitrogen and oxygen atoms in total. The van der Waals surface area contributed by atoms with Crippen molar-refractivity contribution in [2.24, 2.45) is 53.8 Å². The van der Waals surface area contributed by atoms with Crippen molar-refractivity contribution >= 4 is 93.1 Å². The Balaban J connectivity index is 0.974. The van der Waals surface area contributed by atoms with E-state index in [0.29, 0.717) is 22.7 Å². The maximum absolute atomic E-state index is 13.3. The number of carbonyl (C=O) groups is 8. The van der Waals surface area contributed by atoms with Crippen molar-refractivity contribution in [3.8, 4) is 0 Å². The van der Waals surface area contributed by atoms with Gasteiger partial charge in [-0.3, -0.25) is 49.2 Å². The van der Waals surface area contributed by atoms with Gasteiger partial charge in [0.05, 0.1) is 45.8 Å². The van der Waals surface area contributed by atoms with Gasteiger partial charge in [0.25, 0.3) is 35.4 Å². The molecular formula is C46H54N18O8. The minimum Gasteiger partial charge on any atom is -0.388 e. The molecule has 0 saturated heterocycles. The molecule has 72 heavy (non-hydrogen) atoms. The van der Waals surface area contributed by atoms with Gasteiger partial charge in [0, 0.05) is 118 Å². The fraction of sp³-hybridized carbons (Fsp3) is 0.217. The van der Waals surface area contributed by atoms with E-state index in [1.807, 2.05) is 0 Å². The molecule has 6 aromatic rings. The van der Waals surface area contributed by atoms with Crippen LogP contribution in [0.3, 0.4) is 0 Å². The summed E-state index contributed by atoms with van der Waals surface area (Å²) in [5, 5.41) is 36.1. The largest absolute Gasteiger partial charge is 0.388 e. The van der Waals surface area contributed by atoms with Crippen LogP contribution in [0, 0.1) is 10.8 Å². The van der Waals surface area contributed by atoms with Gasteiger partial charge in [-0.2, -0.15) is 0 Å². The molecule has 376 valence electrons. The lowest BCUT2D eigenvalue weighted by atomic mass is 10.3. The minimum atomic E-state index is -0.678. The van der Waals surface area contributed by atoms with E-state index in [-0.39, 0.29) is 83.1 Å². The zero-order valence-corrected chi connectivity index (χ0v) is 40.0. The smallest absolute Gasteiger partial charge is 0.272 e. The predicted molar refractivity (Wildman–Crippen MR) is 268 cm³/mol. The second kappa shape index (κ2) is 22.0. The predicted octanol–water partition coefficient (Wildman–Crippen LogP) is 1.97. The van der Waals surface area contributed by atoms with Crippen molar-refractivity contribution < 1.29 is 38.4 Å². The Morgan fingerprint density at radius 1 is 0.389 bits per heavy atom. The van der Waals surface area contributed by atoms with Crippen LogP contribution in [0.4, 0.5) is 34.1 Å². The van der Waals surface area contributed by atoms with Gasteiger partial charge in [-0.25, -0.2) is 0 Å². The third kappa shape index (κ3) is 13.0. The minimum absolute atomic E-state index is 0.0568. The van der Waals surface area contributed by atoms with Gasteiger partial charge in [-0.05, 0) is 36.4 Å². The molecule has 0 aliphatic heterocycles. The second-order valence-electron chi connectivity index (χ2n) is 16.5. The molecule has 0 spiro atoms. The van der Waals surface area contributed by atoms with Crippen LogP contribution in [0.5, 0.6) is 0 Å². The van der Waals surface area contributed by atoms with E-state index in [1.54, 1.807) is 76.2 Å². The SMILES string of the molecule is Cn1cc(NC(=O)c2cc(NC(=O)c3cc(NC(=O)/C=C/C(=O)Nc4cc(C(=O)Nc5cc(C(=O)Nc6cc(C(=O)NCCC(=N)N)n(C)c6)n(C)c5)n(C)c4)cn3C)cn2C)cc1C(=O)NCCC(=N)N. The van der Waals surface area contributed by atoms with Gasteiger partial charge in [0.2, 0.25) is 11.8 Å². The summed E-state index contributed by atoms with van der Waals surface area (Å²) in [5.41, 5.74) is 13.8. The lowest BCUT2D eigenvalue weighted by Crippen LogP contribution is -2.28. The Kier molecular flexibility index (Phi) is 15.8. The number of amides is 8. The molecule has 26 heteroatoms. The monoisotopic (exact) mass is 986 g/mol. The molecular weight excluding hydrogens is 933 g/mol. The molecule has 0 saturated carbocycles. The normalized spacial score (nSPS) is 10.9. The van der Waals surface area contributed by atoms with Crippen LogP contribution in [0.15, 0.2) is 85.7 Å². The number of amidine groups is 2. The molecule has 0 radical (unpaired) electrons. The van der Waals surface area contributed by atoms with E-state index >= 15 is 0 Å². The molecule has 0 unspecified atom stereocenters. The van der Waals surface area contributed by atoms with Crippen LogP contribution in [0.1, 0.15) is 75.8 Å². The van der Waals surface area contributed by atoms with Gasteiger partial charge in [0.15, 0.2) is 0 Å². The molecule has 0 fully saturated rings. The van der Waals surface area contributed by atoms with Gasteiger partial charge in [-0.1, -0.05) is 0 Å². The van der Waals surface area contributed by atoms with Crippen LogP contribution in [-0.4, -0.2) is 99.4 Å². The zero-order valence-electron chi connectivity index (χ0n) is 40.0. The number of nitrogens with zero attached hydrogens (tertiary/aromatic N) is 6.